The zero-order valence-electron chi connectivity index (χ0n) is 9.40. The van der Waals surface area contributed by atoms with Crippen LogP contribution in [0.3, 0.4) is 0 Å². The monoisotopic (exact) mass is 233 g/mol. The van der Waals surface area contributed by atoms with Crippen molar-refractivity contribution in [3.8, 4) is 11.1 Å². The third-order valence-corrected chi connectivity index (χ3v) is 2.99. The first-order valence-electron chi connectivity index (χ1n) is 5.25. The summed E-state index contributed by atoms with van der Waals surface area (Å²) in [7, 11) is 0. The fraction of sp³-hybridized carbons (Fsp3) is 0.250. The first kappa shape index (κ1) is 11.0. The van der Waals surface area contributed by atoms with Crippen LogP contribution in [-0.4, -0.2) is 10.4 Å². The third-order valence-electron chi connectivity index (χ3n) is 2.20. The van der Waals surface area contributed by atoms with E-state index >= 15 is 0 Å². The largest absolute Gasteiger partial charge is 0.382 e. The predicted octanol–water partition coefficient (Wildman–Crippen LogP) is 3.21. The van der Waals surface area contributed by atoms with E-state index in [1.54, 1.807) is 0 Å². The second kappa shape index (κ2) is 4.53. The quantitative estimate of drug-likeness (QED) is 0.855. The molecule has 0 unspecified atom stereocenters. The molecule has 0 bridgehead atoms. The summed E-state index contributed by atoms with van der Waals surface area (Å²) >= 11 is 1.41. The molecule has 0 saturated heterocycles. The molecule has 4 heteroatoms. The summed E-state index contributed by atoms with van der Waals surface area (Å²) in [6, 6.07) is 10.5. The molecule has 3 nitrogen and oxygen atoms in total. The van der Waals surface area contributed by atoms with Gasteiger partial charge in [-0.05, 0) is 30.9 Å². The van der Waals surface area contributed by atoms with E-state index in [0.717, 1.165) is 16.1 Å². The first-order valence-corrected chi connectivity index (χ1v) is 6.03. The van der Waals surface area contributed by atoms with E-state index in [2.05, 4.69) is 23.5 Å². The smallest absolute Gasteiger partial charge is 0.147 e. The van der Waals surface area contributed by atoms with Gasteiger partial charge in [0.2, 0.25) is 0 Å². The molecule has 0 aliphatic rings. The molecular formula is C12H15N3S. The molecule has 0 aliphatic carbocycles. The number of hydrogen-bond donors (Lipinski definition) is 2. The Hall–Kier alpha value is -1.55. The lowest BCUT2D eigenvalue weighted by Gasteiger charge is -2.09. The Morgan fingerprint density at radius 1 is 1.25 bits per heavy atom. The van der Waals surface area contributed by atoms with E-state index in [1.165, 1.54) is 11.5 Å². The number of anilines is 2. The van der Waals surface area contributed by atoms with Crippen molar-refractivity contribution in [2.45, 2.75) is 19.9 Å². The fourth-order valence-corrected chi connectivity index (χ4v) is 2.43. The molecule has 0 saturated carbocycles. The normalized spacial score (nSPS) is 10.7. The lowest BCUT2D eigenvalue weighted by molar-refractivity contribution is 0.905. The highest BCUT2D eigenvalue weighted by Crippen LogP contribution is 2.36. The van der Waals surface area contributed by atoms with Gasteiger partial charge in [-0.2, -0.15) is 4.37 Å². The average Bonchev–Trinajstić information content (AvgIpc) is 2.60. The molecule has 1 aromatic carbocycles. The van der Waals surface area contributed by atoms with Crippen molar-refractivity contribution >= 4 is 22.4 Å². The number of rotatable bonds is 3. The Morgan fingerprint density at radius 2 is 1.94 bits per heavy atom. The van der Waals surface area contributed by atoms with Crippen LogP contribution in [0.5, 0.6) is 0 Å². The van der Waals surface area contributed by atoms with Gasteiger partial charge in [0.05, 0.1) is 5.56 Å². The molecule has 16 heavy (non-hydrogen) atoms. The molecule has 84 valence electrons. The molecule has 1 aromatic heterocycles. The highest BCUT2D eigenvalue weighted by Gasteiger charge is 2.13. The topological polar surface area (TPSA) is 50.9 Å². The first-order chi connectivity index (χ1) is 7.68. The average molecular weight is 233 g/mol. The summed E-state index contributed by atoms with van der Waals surface area (Å²) in [6.45, 7) is 4.20. The number of benzene rings is 1. The molecule has 0 fully saturated rings. The number of aromatic nitrogens is 1. The van der Waals surface area contributed by atoms with Crippen LogP contribution in [-0.2, 0) is 0 Å². The molecule has 0 atom stereocenters. The Bertz CT molecular complexity index is 462. The molecule has 2 aromatic rings. The summed E-state index contributed by atoms with van der Waals surface area (Å²) in [4.78, 5) is 0. The van der Waals surface area contributed by atoms with Gasteiger partial charge in [0.25, 0.3) is 0 Å². The minimum atomic E-state index is 0.377. The van der Waals surface area contributed by atoms with Crippen molar-refractivity contribution in [1.82, 2.24) is 4.37 Å². The van der Waals surface area contributed by atoms with Gasteiger partial charge >= 0.3 is 0 Å². The van der Waals surface area contributed by atoms with Crippen molar-refractivity contribution in [3.05, 3.63) is 30.3 Å². The highest BCUT2D eigenvalue weighted by atomic mass is 32.1. The maximum Gasteiger partial charge on any atom is 0.147 e. The molecule has 0 aliphatic heterocycles. The lowest BCUT2D eigenvalue weighted by atomic mass is 10.1. The van der Waals surface area contributed by atoms with E-state index in [0.29, 0.717) is 11.9 Å². The predicted molar refractivity (Wildman–Crippen MR) is 70.7 cm³/mol. The van der Waals surface area contributed by atoms with E-state index in [4.69, 9.17) is 5.73 Å². The number of nitrogens with two attached hydrogens (primary N) is 1. The van der Waals surface area contributed by atoms with Crippen LogP contribution in [0, 0.1) is 0 Å². The zero-order valence-corrected chi connectivity index (χ0v) is 10.2. The van der Waals surface area contributed by atoms with Gasteiger partial charge in [-0.25, -0.2) is 0 Å². The van der Waals surface area contributed by atoms with Gasteiger partial charge < -0.3 is 11.1 Å². The SMILES string of the molecule is CC(C)Nc1snc(N)c1-c1ccccc1. The summed E-state index contributed by atoms with van der Waals surface area (Å²) < 4.78 is 4.20. The maximum absolute atomic E-state index is 5.91. The van der Waals surface area contributed by atoms with Gasteiger partial charge in [0, 0.05) is 6.04 Å². The van der Waals surface area contributed by atoms with Crippen molar-refractivity contribution in [2.24, 2.45) is 0 Å². The van der Waals surface area contributed by atoms with Crippen LogP contribution >= 0.6 is 11.5 Å². The fourth-order valence-electron chi connectivity index (χ4n) is 1.55. The maximum atomic E-state index is 5.91. The van der Waals surface area contributed by atoms with E-state index < -0.39 is 0 Å². The van der Waals surface area contributed by atoms with Crippen molar-refractivity contribution in [2.75, 3.05) is 11.1 Å². The van der Waals surface area contributed by atoms with E-state index in [9.17, 15) is 0 Å². The summed E-state index contributed by atoms with van der Waals surface area (Å²) in [5.74, 6) is 0.597. The van der Waals surface area contributed by atoms with Gasteiger partial charge in [-0.3, -0.25) is 0 Å². The van der Waals surface area contributed by atoms with Crippen LogP contribution in [0.25, 0.3) is 11.1 Å². The molecule has 1 heterocycles. The standard InChI is InChI=1S/C12H15N3S/c1-8(2)14-12-10(11(13)15-16-12)9-6-4-3-5-7-9/h3-8,14H,1-2H3,(H2,13,15). The van der Waals surface area contributed by atoms with Crippen LogP contribution in [0.15, 0.2) is 30.3 Å². The Morgan fingerprint density at radius 3 is 2.56 bits per heavy atom. The molecule has 2 rings (SSSR count). The number of nitrogens with one attached hydrogen (secondary N) is 1. The number of nitrogen functional groups attached to an aromatic ring is 1. The molecule has 0 radical (unpaired) electrons. The van der Waals surface area contributed by atoms with Crippen LogP contribution in [0.2, 0.25) is 0 Å². The van der Waals surface area contributed by atoms with Gasteiger partial charge in [-0.1, -0.05) is 30.3 Å². The van der Waals surface area contributed by atoms with Crippen LogP contribution in [0.4, 0.5) is 10.8 Å². The molecule has 0 amide bonds. The minimum Gasteiger partial charge on any atom is -0.382 e. The van der Waals surface area contributed by atoms with Gasteiger partial charge in [0.15, 0.2) is 0 Å². The zero-order chi connectivity index (χ0) is 11.5. The second-order valence-electron chi connectivity index (χ2n) is 3.94. The Kier molecular flexibility index (Phi) is 3.10. The van der Waals surface area contributed by atoms with E-state index in [1.807, 2.05) is 30.3 Å². The minimum absolute atomic E-state index is 0.377. The molecule has 0 spiro atoms. The Balaban J connectivity index is 2.43. The highest BCUT2D eigenvalue weighted by molar-refractivity contribution is 7.11. The second-order valence-corrected chi connectivity index (χ2v) is 4.71. The summed E-state index contributed by atoms with van der Waals surface area (Å²) in [6.07, 6.45) is 0. The van der Waals surface area contributed by atoms with Gasteiger partial charge in [-0.15, -0.1) is 0 Å². The third kappa shape index (κ3) is 2.17. The summed E-state index contributed by atoms with van der Waals surface area (Å²) in [5.41, 5.74) is 8.03. The summed E-state index contributed by atoms with van der Waals surface area (Å²) in [5, 5.41) is 4.41. The van der Waals surface area contributed by atoms with Crippen LogP contribution < -0.4 is 11.1 Å². The van der Waals surface area contributed by atoms with Gasteiger partial charge in [0.1, 0.15) is 10.8 Å². The Labute approximate surface area is 99.5 Å². The van der Waals surface area contributed by atoms with Crippen molar-refractivity contribution < 1.29 is 0 Å². The van der Waals surface area contributed by atoms with Crippen molar-refractivity contribution in [3.63, 3.8) is 0 Å². The molecular weight excluding hydrogens is 218 g/mol. The van der Waals surface area contributed by atoms with Crippen molar-refractivity contribution in [1.29, 1.82) is 0 Å². The molecule has 3 N–H and O–H groups in total. The number of nitrogens with zero attached hydrogens (tertiary/aromatic N) is 1. The lowest BCUT2D eigenvalue weighted by Crippen LogP contribution is -2.09. The number of hydrogen-bond acceptors (Lipinski definition) is 4. The van der Waals surface area contributed by atoms with Crippen LogP contribution in [0.1, 0.15) is 13.8 Å². The van der Waals surface area contributed by atoms with E-state index in [-0.39, 0.29) is 0 Å².